The molecule has 112 valence electrons. The lowest BCUT2D eigenvalue weighted by Crippen LogP contribution is -2.39. The number of para-hydroxylation sites is 1. The zero-order valence-electron chi connectivity index (χ0n) is 12.4. The molecule has 2 heterocycles. The fourth-order valence-electron chi connectivity index (χ4n) is 3.83. The van der Waals surface area contributed by atoms with Crippen LogP contribution < -0.4 is 15.4 Å². The lowest BCUT2D eigenvalue weighted by Gasteiger charge is -2.29. The van der Waals surface area contributed by atoms with E-state index in [4.69, 9.17) is 4.74 Å². The van der Waals surface area contributed by atoms with Gasteiger partial charge < -0.3 is 15.4 Å². The second kappa shape index (κ2) is 4.85. The number of hydrogen-bond acceptors (Lipinski definition) is 3. The van der Waals surface area contributed by atoms with Crippen molar-refractivity contribution in [2.75, 3.05) is 19.0 Å². The first-order valence-corrected chi connectivity index (χ1v) is 7.54. The number of carbonyl (C=O) groups is 1. The van der Waals surface area contributed by atoms with Crippen molar-refractivity contribution in [3.05, 3.63) is 59.7 Å². The molecule has 0 saturated carbocycles. The first-order valence-electron chi connectivity index (χ1n) is 7.54. The molecule has 4 heteroatoms. The van der Waals surface area contributed by atoms with Gasteiger partial charge in [-0.05, 0) is 42.3 Å². The molecular weight excluding hydrogens is 276 g/mol. The van der Waals surface area contributed by atoms with E-state index in [1.165, 1.54) is 0 Å². The lowest BCUT2D eigenvalue weighted by molar-refractivity contribution is -0.121. The lowest BCUT2D eigenvalue weighted by atomic mass is 9.73. The van der Waals surface area contributed by atoms with Crippen molar-refractivity contribution in [3.63, 3.8) is 0 Å². The van der Waals surface area contributed by atoms with E-state index in [2.05, 4.69) is 22.8 Å². The molecule has 0 bridgehead atoms. The molecular formula is C18H18N2O2. The minimum Gasteiger partial charge on any atom is -0.497 e. The number of rotatable bonds is 2. The summed E-state index contributed by atoms with van der Waals surface area (Å²) in [6, 6.07) is 15.9. The number of fused-ring (bicyclic) bond motifs is 2. The van der Waals surface area contributed by atoms with Gasteiger partial charge in [0, 0.05) is 5.69 Å². The summed E-state index contributed by atoms with van der Waals surface area (Å²) < 4.78 is 5.33. The Morgan fingerprint density at radius 2 is 2.05 bits per heavy atom. The van der Waals surface area contributed by atoms with Crippen LogP contribution in [0.15, 0.2) is 48.5 Å². The highest BCUT2D eigenvalue weighted by Crippen LogP contribution is 2.51. The second-order valence-corrected chi connectivity index (χ2v) is 5.88. The molecule has 0 aromatic heterocycles. The molecule has 22 heavy (non-hydrogen) atoms. The number of nitrogens with one attached hydrogen (secondary N) is 2. The van der Waals surface area contributed by atoms with E-state index < -0.39 is 5.41 Å². The smallest absolute Gasteiger partial charge is 0.237 e. The van der Waals surface area contributed by atoms with E-state index in [1.807, 2.05) is 36.4 Å². The highest BCUT2D eigenvalue weighted by atomic mass is 16.5. The van der Waals surface area contributed by atoms with Crippen LogP contribution in [-0.4, -0.2) is 19.6 Å². The van der Waals surface area contributed by atoms with Gasteiger partial charge in [0.05, 0.1) is 18.6 Å². The van der Waals surface area contributed by atoms with Gasteiger partial charge >= 0.3 is 0 Å². The van der Waals surface area contributed by atoms with E-state index in [0.717, 1.165) is 35.5 Å². The summed E-state index contributed by atoms with van der Waals surface area (Å²) in [4.78, 5) is 12.8. The Balaban J connectivity index is 1.85. The molecule has 2 aromatic carbocycles. The summed E-state index contributed by atoms with van der Waals surface area (Å²) in [5, 5.41) is 6.56. The number of hydrogen-bond donors (Lipinski definition) is 2. The van der Waals surface area contributed by atoms with E-state index in [-0.39, 0.29) is 11.9 Å². The molecule has 4 nitrogen and oxygen atoms in total. The van der Waals surface area contributed by atoms with Crippen LogP contribution in [0.1, 0.15) is 23.6 Å². The Labute approximate surface area is 129 Å². The van der Waals surface area contributed by atoms with Crippen LogP contribution in [0.2, 0.25) is 0 Å². The average Bonchev–Trinajstić information content (AvgIpc) is 3.12. The van der Waals surface area contributed by atoms with Gasteiger partial charge in [-0.3, -0.25) is 4.79 Å². The Kier molecular flexibility index (Phi) is 2.94. The Morgan fingerprint density at radius 1 is 1.18 bits per heavy atom. The maximum atomic E-state index is 12.8. The predicted octanol–water partition coefficient (Wildman–Crippen LogP) is 2.62. The fraction of sp³-hybridized carbons (Fsp3) is 0.278. The van der Waals surface area contributed by atoms with Crippen LogP contribution in [0.25, 0.3) is 0 Å². The molecule has 2 atom stereocenters. The van der Waals surface area contributed by atoms with Gasteiger partial charge in [-0.25, -0.2) is 0 Å². The van der Waals surface area contributed by atoms with E-state index in [0.29, 0.717) is 0 Å². The molecule has 0 unspecified atom stereocenters. The molecule has 1 saturated heterocycles. The quantitative estimate of drug-likeness (QED) is 0.895. The largest absolute Gasteiger partial charge is 0.497 e. The van der Waals surface area contributed by atoms with Gasteiger partial charge in [-0.2, -0.15) is 0 Å². The molecule has 4 rings (SSSR count). The summed E-state index contributed by atoms with van der Waals surface area (Å²) in [7, 11) is 1.66. The van der Waals surface area contributed by atoms with E-state index in [9.17, 15) is 4.79 Å². The number of ether oxygens (including phenoxy) is 1. The van der Waals surface area contributed by atoms with Crippen LogP contribution in [0, 0.1) is 0 Å². The normalized spacial score (nSPS) is 26.0. The van der Waals surface area contributed by atoms with Crippen LogP contribution >= 0.6 is 0 Å². The topological polar surface area (TPSA) is 50.4 Å². The van der Waals surface area contributed by atoms with Crippen LogP contribution in [-0.2, 0) is 10.2 Å². The number of methoxy groups -OCH3 is 1. The van der Waals surface area contributed by atoms with Crippen LogP contribution in [0.3, 0.4) is 0 Å². The first-order chi connectivity index (χ1) is 10.8. The van der Waals surface area contributed by atoms with E-state index in [1.54, 1.807) is 7.11 Å². The summed E-state index contributed by atoms with van der Waals surface area (Å²) >= 11 is 0. The maximum Gasteiger partial charge on any atom is 0.237 e. The third kappa shape index (κ3) is 1.70. The van der Waals surface area contributed by atoms with Crippen molar-refractivity contribution in [2.24, 2.45) is 0 Å². The minimum atomic E-state index is -0.525. The van der Waals surface area contributed by atoms with Crippen molar-refractivity contribution in [1.82, 2.24) is 5.32 Å². The third-order valence-electron chi connectivity index (χ3n) is 4.85. The monoisotopic (exact) mass is 294 g/mol. The number of anilines is 1. The standard InChI is InChI=1S/C18H18N2O2/c1-22-13-6-4-5-12(11-13)16-18(9-10-19-16)14-7-2-3-8-15(14)20-17(18)21/h2-8,11,16,19H,9-10H2,1H3,(H,20,21)/t16-,18+/m1/s1. The Hall–Kier alpha value is -2.33. The van der Waals surface area contributed by atoms with Gasteiger partial charge in [0.15, 0.2) is 0 Å². The number of amides is 1. The first kappa shape index (κ1) is 13.3. The van der Waals surface area contributed by atoms with Crippen molar-refractivity contribution in [1.29, 1.82) is 0 Å². The van der Waals surface area contributed by atoms with Gasteiger partial charge in [-0.1, -0.05) is 30.3 Å². The summed E-state index contributed by atoms with van der Waals surface area (Å²) in [5.74, 6) is 0.902. The van der Waals surface area contributed by atoms with Gasteiger partial charge in [0.2, 0.25) is 5.91 Å². The number of benzene rings is 2. The molecule has 2 aromatic rings. The van der Waals surface area contributed by atoms with Crippen LogP contribution in [0.5, 0.6) is 5.75 Å². The third-order valence-corrected chi connectivity index (χ3v) is 4.85. The van der Waals surface area contributed by atoms with Crippen molar-refractivity contribution < 1.29 is 9.53 Å². The van der Waals surface area contributed by atoms with Gasteiger partial charge in [0.25, 0.3) is 0 Å². The zero-order chi connectivity index (χ0) is 15.2. The molecule has 1 spiro atoms. The Morgan fingerprint density at radius 3 is 2.91 bits per heavy atom. The minimum absolute atomic E-state index is 0.0359. The highest BCUT2D eigenvalue weighted by molar-refractivity contribution is 6.07. The molecule has 0 radical (unpaired) electrons. The fourth-order valence-corrected chi connectivity index (χ4v) is 3.83. The summed E-state index contributed by atoms with van der Waals surface area (Å²) in [6.07, 6.45) is 0.803. The van der Waals surface area contributed by atoms with Gasteiger partial charge in [-0.15, -0.1) is 0 Å². The average molecular weight is 294 g/mol. The summed E-state index contributed by atoms with van der Waals surface area (Å²) in [5.41, 5.74) is 2.59. The molecule has 1 fully saturated rings. The molecule has 2 aliphatic heterocycles. The number of carbonyl (C=O) groups excluding carboxylic acids is 1. The van der Waals surface area contributed by atoms with Gasteiger partial charge in [0.1, 0.15) is 5.75 Å². The van der Waals surface area contributed by atoms with Crippen molar-refractivity contribution in [2.45, 2.75) is 17.9 Å². The van der Waals surface area contributed by atoms with Crippen molar-refractivity contribution >= 4 is 11.6 Å². The maximum absolute atomic E-state index is 12.8. The SMILES string of the molecule is COc1cccc([C@H]2NCC[C@@]23C(=O)Nc2ccccc23)c1. The highest BCUT2D eigenvalue weighted by Gasteiger charge is 2.55. The molecule has 2 aliphatic rings. The zero-order valence-corrected chi connectivity index (χ0v) is 12.4. The van der Waals surface area contributed by atoms with Crippen LogP contribution in [0.4, 0.5) is 5.69 Å². The van der Waals surface area contributed by atoms with E-state index >= 15 is 0 Å². The molecule has 0 aliphatic carbocycles. The second-order valence-electron chi connectivity index (χ2n) is 5.88. The molecule has 1 amide bonds. The Bertz CT molecular complexity index is 743. The predicted molar refractivity (Wildman–Crippen MR) is 85.1 cm³/mol. The molecule has 2 N–H and O–H groups in total. The summed E-state index contributed by atoms with van der Waals surface area (Å²) in [6.45, 7) is 0.823. The van der Waals surface area contributed by atoms with Crippen molar-refractivity contribution in [3.8, 4) is 5.75 Å².